The molecule has 0 spiro atoms. The normalized spacial score (nSPS) is 18.2. The van der Waals surface area contributed by atoms with Gasteiger partial charge in [0.05, 0.1) is 11.0 Å². The zero-order valence-electron chi connectivity index (χ0n) is 11.6. The molecule has 1 atom stereocenters. The van der Waals surface area contributed by atoms with Gasteiger partial charge in [0, 0.05) is 12.6 Å². The third-order valence-electron chi connectivity index (χ3n) is 4.03. The number of aromatic amines is 1. The second-order valence-electron chi connectivity index (χ2n) is 5.68. The van der Waals surface area contributed by atoms with Crippen molar-refractivity contribution in [2.24, 2.45) is 0 Å². The van der Waals surface area contributed by atoms with Crippen molar-refractivity contribution in [2.75, 3.05) is 19.6 Å². The van der Waals surface area contributed by atoms with Crippen molar-refractivity contribution in [1.29, 1.82) is 0 Å². The number of fused-ring (bicyclic) bond motifs is 1. The van der Waals surface area contributed by atoms with E-state index < -0.39 is 0 Å². The van der Waals surface area contributed by atoms with Crippen LogP contribution in [0.15, 0.2) is 18.2 Å². The van der Waals surface area contributed by atoms with Gasteiger partial charge in [0.2, 0.25) is 0 Å². The molecule has 1 N–H and O–H groups in total. The minimum Gasteiger partial charge on any atom is -0.331 e. The Hall–Kier alpha value is -1.13. The maximum absolute atomic E-state index is 5.50. The summed E-state index contributed by atoms with van der Waals surface area (Å²) in [5.41, 5.74) is 3.64. The highest BCUT2D eigenvalue weighted by Gasteiger charge is 2.17. The van der Waals surface area contributed by atoms with Gasteiger partial charge in [-0.2, -0.15) is 0 Å². The molecule has 1 aromatic carbocycles. The van der Waals surface area contributed by atoms with E-state index in [0.717, 1.165) is 16.8 Å². The lowest BCUT2D eigenvalue weighted by Gasteiger charge is -2.21. The molecule has 1 aromatic heterocycles. The summed E-state index contributed by atoms with van der Waals surface area (Å²) in [6.07, 6.45) is 2.68. The molecular weight excluding hydrogens is 254 g/mol. The molecule has 1 aliphatic heterocycles. The maximum atomic E-state index is 5.50. The fourth-order valence-corrected chi connectivity index (χ4v) is 3.49. The molecule has 0 bridgehead atoms. The van der Waals surface area contributed by atoms with Crippen LogP contribution in [0, 0.1) is 11.7 Å². The second-order valence-corrected chi connectivity index (χ2v) is 6.06. The summed E-state index contributed by atoms with van der Waals surface area (Å²) in [6.45, 7) is 7.94. The number of hydrogen-bond donors (Lipinski definition) is 1. The first-order valence-corrected chi connectivity index (χ1v) is 7.49. The smallest absolute Gasteiger partial charge is 0.178 e. The van der Waals surface area contributed by atoms with E-state index in [1.54, 1.807) is 0 Å². The average Bonchev–Trinajstić information content (AvgIpc) is 2.95. The highest BCUT2D eigenvalue weighted by atomic mass is 32.1. The molecule has 2 aromatic rings. The first kappa shape index (κ1) is 12.9. The number of benzene rings is 1. The molecule has 2 heterocycles. The van der Waals surface area contributed by atoms with Crippen LogP contribution in [0.3, 0.4) is 0 Å². The van der Waals surface area contributed by atoms with Gasteiger partial charge >= 0.3 is 0 Å². The van der Waals surface area contributed by atoms with Crippen LogP contribution < -0.4 is 0 Å². The minimum absolute atomic E-state index is 0.419. The van der Waals surface area contributed by atoms with Gasteiger partial charge in [-0.25, -0.2) is 0 Å². The predicted octanol–water partition coefficient (Wildman–Crippen LogP) is 3.66. The quantitative estimate of drug-likeness (QED) is 0.864. The van der Waals surface area contributed by atoms with Crippen molar-refractivity contribution >= 4 is 23.3 Å². The summed E-state index contributed by atoms with van der Waals surface area (Å²) >= 11 is 5.50. The molecule has 3 nitrogen and oxygen atoms in total. The van der Waals surface area contributed by atoms with Gasteiger partial charge < -0.3 is 14.5 Å². The first-order valence-electron chi connectivity index (χ1n) is 7.08. The lowest BCUT2D eigenvalue weighted by Crippen LogP contribution is -2.27. The SMILES string of the molecule is Cc1ccc2c(c1)[nH]c(=S)n2C(C)CN1CCCC1. The zero-order chi connectivity index (χ0) is 13.4. The summed E-state index contributed by atoms with van der Waals surface area (Å²) in [5.74, 6) is 0. The number of aryl methyl sites for hydroxylation is 1. The van der Waals surface area contributed by atoms with Gasteiger partial charge in [0.15, 0.2) is 4.77 Å². The van der Waals surface area contributed by atoms with Gasteiger partial charge in [-0.3, -0.25) is 0 Å². The molecule has 102 valence electrons. The number of rotatable bonds is 3. The van der Waals surface area contributed by atoms with Crippen molar-refractivity contribution in [2.45, 2.75) is 32.7 Å². The number of nitrogens with zero attached hydrogens (tertiary/aromatic N) is 2. The summed E-state index contributed by atoms with van der Waals surface area (Å²) < 4.78 is 3.11. The average molecular weight is 275 g/mol. The van der Waals surface area contributed by atoms with Crippen molar-refractivity contribution in [3.63, 3.8) is 0 Å². The van der Waals surface area contributed by atoms with Crippen LogP contribution >= 0.6 is 12.2 Å². The Labute approximate surface area is 119 Å². The van der Waals surface area contributed by atoms with Gasteiger partial charge in [0.25, 0.3) is 0 Å². The highest BCUT2D eigenvalue weighted by Crippen LogP contribution is 2.22. The molecular formula is C15H21N3S. The Morgan fingerprint density at radius 2 is 2.05 bits per heavy atom. The number of likely N-dealkylation sites (tertiary alicyclic amines) is 1. The molecule has 1 unspecified atom stereocenters. The fraction of sp³-hybridized carbons (Fsp3) is 0.533. The number of H-pyrrole nitrogens is 1. The third-order valence-corrected chi connectivity index (χ3v) is 4.33. The van der Waals surface area contributed by atoms with Crippen molar-refractivity contribution in [1.82, 2.24) is 14.5 Å². The van der Waals surface area contributed by atoms with E-state index in [-0.39, 0.29) is 0 Å². The molecule has 0 saturated carbocycles. The van der Waals surface area contributed by atoms with E-state index in [9.17, 15) is 0 Å². The van der Waals surface area contributed by atoms with E-state index in [0.29, 0.717) is 6.04 Å². The molecule has 1 saturated heterocycles. The van der Waals surface area contributed by atoms with Gasteiger partial charge in [-0.05, 0) is 69.7 Å². The maximum Gasteiger partial charge on any atom is 0.178 e. The Balaban J connectivity index is 1.94. The van der Waals surface area contributed by atoms with Crippen molar-refractivity contribution in [3.8, 4) is 0 Å². The van der Waals surface area contributed by atoms with E-state index in [1.807, 2.05) is 0 Å². The van der Waals surface area contributed by atoms with Gasteiger partial charge in [-0.15, -0.1) is 0 Å². The molecule has 0 aliphatic carbocycles. The molecule has 0 radical (unpaired) electrons. The summed E-state index contributed by atoms with van der Waals surface area (Å²) in [7, 11) is 0. The standard InChI is InChI=1S/C15H21N3S/c1-11-5-6-14-13(9-11)16-15(19)18(14)12(2)10-17-7-3-4-8-17/h5-6,9,12H,3-4,7-8,10H2,1-2H3,(H,16,19). The van der Waals surface area contributed by atoms with E-state index >= 15 is 0 Å². The van der Waals surface area contributed by atoms with Crippen LogP contribution in [0.25, 0.3) is 11.0 Å². The Morgan fingerprint density at radius 3 is 2.79 bits per heavy atom. The van der Waals surface area contributed by atoms with Crippen LogP contribution in [0.2, 0.25) is 0 Å². The molecule has 1 fully saturated rings. The van der Waals surface area contributed by atoms with Crippen LogP contribution in [0.5, 0.6) is 0 Å². The molecule has 4 heteroatoms. The fourth-order valence-electron chi connectivity index (χ4n) is 3.10. The summed E-state index contributed by atoms with van der Waals surface area (Å²) in [5, 5.41) is 0. The summed E-state index contributed by atoms with van der Waals surface area (Å²) in [4.78, 5) is 5.87. The van der Waals surface area contributed by atoms with Gasteiger partial charge in [-0.1, -0.05) is 6.07 Å². The lowest BCUT2D eigenvalue weighted by molar-refractivity contribution is 0.289. The largest absolute Gasteiger partial charge is 0.331 e. The highest BCUT2D eigenvalue weighted by molar-refractivity contribution is 7.71. The number of aromatic nitrogens is 2. The van der Waals surface area contributed by atoms with Crippen molar-refractivity contribution < 1.29 is 0 Å². The number of nitrogens with one attached hydrogen (secondary N) is 1. The summed E-state index contributed by atoms with van der Waals surface area (Å²) in [6, 6.07) is 6.92. The van der Waals surface area contributed by atoms with Crippen molar-refractivity contribution in [3.05, 3.63) is 28.5 Å². The Morgan fingerprint density at radius 1 is 1.32 bits per heavy atom. The Kier molecular flexibility index (Phi) is 3.46. The molecule has 1 aliphatic rings. The number of hydrogen-bond acceptors (Lipinski definition) is 2. The molecule has 19 heavy (non-hydrogen) atoms. The second kappa shape index (κ2) is 5.10. The topological polar surface area (TPSA) is 24.0 Å². The lowest BCUT2D eigenvalue weighted by atomic mass is 10.2. The van der Waals surface area contributed by atoms with Crippen LogP contribution in [0.1, 0.15) is 31.4 Å². The van der Waals surface area contributed by atoms with Crippen LogP contribution in [-0.4, -0.2) is 34.1 Å². The van der Waals surface area contributed by atoms with Crippen LogP contribution in [0.4, 0.5) is 0 Å². The van der Waals surface area contributed by atoms with Crippen LogP contribution in [-0.2, 0) is 0 Å². The predicted molar refractivity (Wildman–Crippen MR) is 82.2 cm³/mol. The third kappa shape index (κ3) is 2.47. The minimum atomic E-state index is 0.419. The first-order chi connectivity index (χ1) is 9.15. The monoisotopic (exact) mass is 275 g/mol. The van der Waals surface area contributed by atoms with E-state index in [2.05, 4.69) is 46.5 Å². The Bertz CT molecular complexity index is 634. The number of imidazole rings is 1. The van der Waals surface area contributed by atoms with Gasteiger partial charge in [0.1, 0.15) is 0 Å². The van der Waals surface area contributed by atoms with E-state index in [1.165, 1.54) is 37.0 Å². The van der Waals surface area contributed by atoms with E-state index in [4.69, 9.17) is 12.2 Å². The molecule has 0 amide bonds. The zero-order valence-corrected chi connectivity index (χ0v) is 12.5. The molecule has 3 rings (SSSR count).